The molecule has 0 unspecified atom stereocenters. The fourth-order valence-electron chi connectivity index (χ4n) is 4.47. The molecule has 0 atom stereocenters. The topological polar surface area (TPSA) is 75.6 Å². The molecule has 32 heavy (non-hydrogen) atoms. The smallest absolute Gasteiger partial charge is 0.407 e. The Hall–Kier alpha value is -2.82. The normalized spacial score (nSPS) is 16.5. The number of ether oxygens (including phenoxy) is 1. The van der Waals surface area contributed by atoms with Gasteiger partial charge in [0, 0.05) is 29.0 Å². The summed E-state index contributed by atoms with van der Waals surface area (Å²) in [5.41, 5.74) is 5.02. The van der Waals surface area contributed by atoms with Gasteiger partial charge in [0.15, 0.2) is 0 Å². The summed E-state index contributed by atoms with van der Waals surface area (Å²) in [4.78, 5) is 22.1. The van der Waals surface area contributed by atoms with Crippen LogP contribution in [0.3, 0.4) is 0 Å². The first kappa shape index (κ1) is 23.8. The van der Waals surface area contributed by atoms with Crippen molar-refractivity contribution < 1.29 is 36.5 Å². The van der Waals surface area contributed by atoms with E-state index in [-0.39, 0.29) is 35.0 Å². The van der Waals surface area contributed by atoms with Crippen molar-refractivity contribution in [3.63, 3.8) is 0 Å². The second kappa shape index (κ2) is 11.2. The SMILES string of the molecule is O=C(NC1CCCC1)OCC1c2ccccc2-c2ccccc21.O=C(O)C1C=CC=C1.[Fe]. The van der Waals surface area contributed by atoms with Crippen molar-refractivity contribution in [2.24, 2.45) is 5.92 Å². The number of hydrogen-bond donors (Lipinski definition) is 2. The molecule has 2 aromatic rings. The summed E-state index contributed by atoms with van der Waals surface area (Å²) >= 11 is 0. The number of carboxylic acids is 1. The molecule has 5 nitrogen and oxygen atoms in total. The van der Waals surface area contributed by atoms with E-state index < -0.39 is 5.97 Å². The minimum Gasteiger partial charge on any atom is -0.481 e. The monoisotopic (exact) mass is 473 g/mol. The Kier molecular flexibility index (Phi) is 8.32. The number of rotatable bonds is 4. The average molecular weight is 473 g/mol. The molecule has 168 valence electrons. The largest absolute Gasteiger partial charge is 0.481 e. The summed E-state index contributed by atoms with van der Waals surface area (Å²) in [5.74, 6) is -1.03. The van der Waals surface area contributed by atoms with Crippen molar-refractivity contribution in [1.29, 1.82) is 0 Å². The third-order valence-corrected chi connectivity index (χ3v) is 6.05. The van der Waals surface area contributed by atoms with E-state index in [1.165, 1.54) is 35.1 Å². The van der Waals surface area contributed by atoms with E-state index in [2.05, 4.69) is 53.8 Å². The van der Waals surface area contributed by atoms with E-state index in [0.29, 0.717) is 12.6 Å². The van der Waals surface area contributed by atoms with E-state index in [9.17, 15) is 9.59 Å². The Morgan fingerprint density at radius 2 is 1.44 bits per heavy atom. The molecular weight excluding hydrogens is 446 g/mol. The molecule has 5 rings (SSSR count). The number of hydrogen-bond acceptors (Lipinski definition) is 3. The number of carbonyl (C=O) groups excluding carboxylic acids is 1. The van der Waals surface area contributed by atoms with Crippen LogP contribution < -0.4 is 5.32 Å². The van der Waals surface area contributed by atoms with Crippen LogP contribution in [0.25, 0.3) is 11.1 Å². The van der Waals surface area contributed by atoms with Gasteiger partial charge in [-0.3, -0.25) is 4.79 Å². The molecule has 3 aliphatic rings. The van der Waals surface area contributed by atoms with Gasteiger partial charge in [-0.25, -0.2) is 4.79 Å². The van der Waals surface area contributed by atoms with Gasteiger partial charge in [-0.15, -0.1) is 0 Å². The first-order valence-electron chi connectivity index (χ1n) is 10.8. The van der Waals surface area contributed by atoms with E-state index in [4.69, 9.17) is 9.84 Å². The molecule has 1 saturated carbocycles. The minimum atomic E-state index is -0.782. The van der Waals surface area contributed by atoms with Crippen LogP contribution >= 0.6 is 0 Å². The van der Waals surface area contributed by atoms with E-state index in [0.717, 1.165) is 12.8 Å². The standard InChI is InChI=1S/C20H21NO2.C6H6O2.Fe/c22-20(21-14-7-1-2-8-14)23-13-19-17-11-5-3-9-15(17)16-10-4-6-12-18(16)19;7-6(8)5-3-1-2-4-5;/h3-6,9-12,14,19H,1-2,7-8,13H2,(H,21,22);1-5H,(H,7,8);. The van der Waals surface area contributed by atoms with Crippen molar-refractivity contribution in [1.82, 2.24) is 5.32 Å². The fourth-order valence-corrected chi connectivity index (χ4v) is 4.47. The molecule has 0 spiro atoms. The van der Waals surface area contributed by atoms with Gasteiger partial charge in [-0.1, -0.05) is 85.7 Å². The number of allylic oxidation sites excluding steroid dienone is 2. The zero-order chi connectivity index (χ0) is 21.6. The second-order valence-corrected chi connectivity index (χ2v) is 8.09. The molecule has 0 bridgehead atoms. The van der Waals surface area contributed by atoms with Gasteiger partial charge in [-0.05, 0) is 35.1 Å². The molecule has 0 saturated heterocycles. The zero-order valence-electron chi connectivity index (χ0n) is 17.7. The molecular formula is C26H27FeNO4. The maximum Gasteiger partial charge on any atom is 0.407 e. The third-order valence-electron chi connectivity index (χ3n) is 6.05. The minimum absolute atomic E-state index is 0. The predicted molar refractivity (Wildman–Crippen MR) is 120 cm³/mol. The Labute approximate surface area is 199 Å². The first-order valence-corrected chi connectivity index (χ1v) is 10.8. The molecule has 2 aromatic carbocycles. The van der Waals surface area contributed by atoms with Gasteiger partial charge >= 0.3 is 12.1 Å². The molecule has 6 heteroatoms. The van der Waals surface area contributed by atoms with Crippen LogP contribution in [0.4, 0.5) is 4.79 Å². The summed E-state index contributed by atoms with van der Waals surface area (Å²) in [6, 6.07) is 17.1. The number of carboxylic acid groups (broad SMARTS) is 1. The van der Waals surface area contributed by atoms with Gasteiger partial charge in [0.2, 0.25) is 0 Å². The van der Waals surface area contributed by atoms with Crippen LogP contribution in [0, 0.1) is 5.92 Å². The summed E-state index contributed by atoms with van der Waals surface area (Å²) in [7, 11) is 0. The molecule has 0 aromatic heterocycles. The number of fused-ring (bicyclic) bond motifs is 3. The number of alkyl carbamates (subject to hydrolysis) is 1. The number of aliphatic carboxylic acids is 1. The van der Waals surface area contributed by atoms with Crippen molar-refractivity contribution >= 4 is 12.1 Å². The molecule has 2 N–H and O–H groups in total. The van der Waals surface area contributed by atoms with Gasteiger partial charge in [-0.2, -0.15) is 0 Å². The molecule has 3 aliphatic carbocycles. The number of benzene rings is 2. The zero-order valence-corrected chi connectivity index (χ0v) is 18.8. The Morgan fingerprint density at radius 3 is 1.94 bits per heavy atom. The van der Waals surface area contributed by atoms with E-state index >= 15 is 0 Å². The van der Waals surface area contributed by atoms with Crippen LogP contribution in [-0.2, 0) is 26.6 Å². The summed E-state index contributed by atoms with van der Waals surface area (Å²) in [6.07, 6.45) is 11.0. The number of nitrogens with one attached hydrogen (secondary N) is 1. The molecule has 0 heterocycles. The van der Waals surface area contributed by atoms with E-state index in [1.54, 1.807) is 24.3 Å². The summed E-state index contributed by atoms with van der Waals surface area (Å²) in [5, 5.41) is 11.3. The maximum absolute atomic E-state index is 12.0. The fraction of sp³-hybridized carbons (Fsp3) is 0.308. The molecule has 1 amide bonds. The molecule has 0 aliphatic heterocycles. The number of carbonyl (C=O) groups is 2. The van der Waals surface area contributed by atoms with Gasteiger partial charge in [0.05, 0.1) is 5.92 Å². The van der Waals surface area contributed by atoms with Crippen molar-refractivity contribution in [2.45, 2.75) is 37.6 Å². The second-order valence-electron chi connectivity index (χ2n) is 8.09. The van der Waals surface area contributed by atoms with Crippen LogP contribution in [0.2, 0.25) is 0 Å². The Balaban J connectivity index is 0.000000274. The van der Waals surface area contributed by atoms with Crippen LogP contribution in [-0.4, -0.2) is 29.8 Å². The predicted octanol–water partition coefficient (Wildman–Crippen LogP) is 5.28. The van der Waals surface area contributed by atoms with Crippen LogP contribution in [0.15, 0.2) is 72.8 Å². The van der Waals surface area contributed by atoms with Gasteiger partial charge < -0.3 is 15.2 Å². The van der Waals surface area contributed by atoms with Crippen molar-refractivity contribution in [3.05, 3.63) is 84.0 Å². The van der Waals surface area contributed by atoms with Crippen molar-refractivity contribution in [3.8, 4) is 11.1 Å². The quantitative estimate of drug-likeness (QED) is 0.593. The molecule has 0 radical (unpaired) electrons. The Bertz CT molecular complexity index is 953. The summed E-state index contributed by atoms with van der Waals surface area (Å²) in [6.45, 7) is 0.395. The van der Waals surface area contributed by atoms with Crippen molar-refractivity contribution in [2.75, 3.05) is 6.61 Å². The third kappa shape index (κ3) is 5.50. The first-order chi connectivity index (χ1) is 15.1. The van der Waals surface area contributed by atoms with E-state index in [1.807, 2.05) is 0 Å². The van der Waals surface area contributed by atoms with Crippen LogP contribution in [0.5, 0.6) is 0 Å². The number of amides is 1. The summed E-state index contributed by atoms with van der Waals surface area (Å²) < 4.78 is 5.55. The van der Waals surface area contributed by atoms with Gasteiger partial charge in [0.1, 0.15) is 6.61 Å². The van der Waals surface area contributed by atoms with Gasteiger partial charge in [0.25, 0.3) is 0 Å². The Morgan fingerprint density at radius 1 is 0.906 bits per heavy atom. The van der Waals surface area contributed by atoms with Crippen LogP contribution in [0.1, 0.15) is 42.7 Å². The molecule has 1 fully saturated rings. The average Bonchev–Trinajstić information content (AvgIpc) is 3.54. The maximum atomic E-state index is 12.0.